The van der Waals surface area contributed by atoms with Crippen LogP contribution in [0, 0.1) is 17.8 Å². The number of likely N-dealkylation sites (tertiary alicyclic amines) is 1. The number of primary amides is 1. The summed E-state index contributed by atoms with van der Waals surface area (Å²) in [6.45, 7) is 5.10. The minimum Gasteiger partial charge on any atom is -0.369 e. The summed E-state index contributed by atoms with van der Waals surface area (Å²) in [4.78, 5) is 26.0. The normalized spacial score (nSPS) is 27.6. The first-order valence-electron chi connectivity index (χ1n) is 10.1. The minimum atomic E-state index is -3.49. The zero-order chi connectivity index (χ0) is 19.6. The maximum absolute atomic E-state index is 13.0. The van der Waals surface area contributed by atoms with E-state index in [0.29, 0.717) is 57.9 Å². The average molecular weight is 401 g/mol. The second-order valence-corrected chi connectivity index (χ2v) is 10.2. The highest BCUT2D eigenvalue weighted by atomic mass is 32.2. The fourth-order valence-electron chi connectivity index (χ4n) is 4.38. The van der Waals surface area contributed by atoms with E-state index in [4.69, 9.17) is 5.73 Å². The lowest BCUT2D eigenvalue weighted by molar-refractivity contribution is -0.139. The summed E-state index contributed by atoms with van der Waals surface area (Å²) in [6, 6.07) is 0. The molecule has 0 aliphatic carbocycles. The molecule has 2 amide bonds. The Balaban J connectivity index is 1.59. The topological polar surface area (TPSA) is 104 Å². The Hall–Kier alpha value is -1.19. The fourth-order valence-corrected chi connectivity index (χ4v) is 6.10. The van der Waals surface area contributed by atoms with Crippen molar-refractivity contribution in [3.8, 4) is 0 Å². The number of carbonyl (C=O) groups excluding carboxylic acids is 2. The van der Waals surface area contributed by atoms with E-state index < -0.39 is 10.2 Å². The van der Waals surface area contributed by atoms with Crippen LogP contribution in [0.4, 0.5) is 0 Å². The molecule has 0 bridgehead atoms. The monoisotopic (exact) mass is 400 g/mol. The van der Waals surface area contributed by atoms with Crippen molar-refractivity contribution >= 4 is 22.0 Å². The van der Waals surface area contributed by atoms with E-state index >= 15 is 0 Å². The van der Waals surface area contributed by atoms with Gasteiger partial charge in [0.1, 0.15) is 0 Å². The van der Waals surface area contributed by atoms with Crippen LogP contribution in [0.25, 0.3) is 0 Å². The van der Waals surface area contributed by atoms with Crippen molar-refractivity contribution in [2.75, 3.05) is 39.3 Å². The highest BCUT2D eigenvalue weighted by molar-refractivity contribution is 7.86. The maximum Gasteiger partial charge on any atom is 0.281 e. The Labute approximate surface area is 162 Å². The summed E-state index contributed by atoms with van der Waals surface area (Å²) in [5, 5.41) is 0. The van der Waals surface area contributed by atoms with Gasteiger partial charge in [0.15, 0.2) is 0 Å². The highest BCUT2D eigenvalue weighted by Gasteiger charge is 2.38. The molecule has 3 fully saturated rings. The first-order chi connectivity index (χ1) is 12.8. The third-order valence-corrected chi connectivity index (χ3v) is 8.34. The molecule has 0 saturated carbocycles. The molecule has 27 heavy (non-hydrogen) atoms. The predicted molar refractivity (Wildman–Crippen MR) is 102 cm³/mol. The number of nitrogens with zero attached hydrogens (tertiary/aromatic N) is 3. The molecule has 9 heteroatoms. The van der Waals surface area contributed by atoms with Gasteiger partial charge in [0.05, 0.1) is 5.92 Å². The molecule has 2 N–H and O–H groups in total. The van der Waals surface area contributed by atoms with Gasteiger partial charge in [-0.25, -0.2) is 0 Å². The molecule has 0 aromatic carbocycles. The van der Waals surface area contributed by atoms with Crippen LogP contribution in [-0.2, 0) is 19.8 Å². The van der Waals surface area contributed by atoms with Gasteiger partial charge in [-0.2, -0.15) is 17.0 Å². The number of piperidine rings is 3. The van der Waals surface area contributed by atoms with Crippen LogP contribution < -0.4 is 5.73 Å². The van der Waals surface area contributed by atoms with Gasteiger partial charge in [0.2, 0.25) is 11.8 Å². The van der Waals surface area contributed by atoms with Crippen LogP contribution >= 0.6 is 0 Å². The average Bonchev–Trinajstić information content (AvgIpc) is 2.68. The molecule has 0 unspecified atom stereocenters. The van der Waals surface area contributed by atoms with Gasteiger partial charge in [0, 0.05) is 45.2 Å². The van der Waals surface area contributed by atoms with Crippen LogP contribution in [-0.4, -0.2) is 73.0 Å². The van der Waals surface area contributed by atoms with Gasteiger partial charge in [-0.05, 0) is 44.4 Å². The number of hydrogen-bond acceptors (Lipinski definition) is 4. The molecule has 1 atom stereocenters. The van der Waals surface area contributed by atoms with Crippen LogP contribution in [0.5, 0.6) is 0 Å². The highest BCUT2D eigenvalue weighted by Crippen LogP contribution is 2.27. The molecule has 3 aliphatic heterocycles. The van der Waals surface area contributed by atoms with E-state index in [0.717, 1.165) is 19.3 Å². The van der Waals surface area contributed by atoms with E-state index in [-0.39, 0.29) is 30.2 Å². The Morgan fingerprint density at radius 1 is 0.852 bits per heavy atom. The standard InChI is InChI=1S/C18H32N4O4S/c1-14-4-11-21(12-5-14)27(25,26)22-8-2-3-16(13-22)18(24)20-9-6-15(7-10-20)17(19)23/h14-16H,2-13H2,1H3,(H2,19,23)/t16-/m0/s1. The summed E-state index contributed by atoms with van der Waals surface area (Å²) in [6.07, 6.45) is 4.41. The lowest BCUT2D eigenvalue weighted by Crippen LogP contribution is -2.53. The van der Waals surface area contributed by atoms with E-state index in [1.165, 1.54) is 4.31 Å². The van der Waals surface area contributed by atoms with Crippen molar-refractivity contribution in [1.82, 2.24) is 13.5 Å². The van der Waals surface area contributed by atoms with Crippen LogP contribution in [0.1, 0.15) is 45.4 Å². The second kappa shape index (κ2) is 8.45. The molecule has 154 valence electrons. The van der Waals surface area contributed by atoms with Crippen molar-refractivity contribution < 1.29 is 18.0 Å². The molecule has 0 spiro atoms. The van der Waals surface area contributed by atoms with Gasteiger partial charge in [-0.15, -0.1) is 0 Å². The zero-order valence-electron chi connectivity index (χ0n) is 16.2. The molecule has 0 radical (unpaired) electrons. The third-order valence-electron chi connectivity index (χ3n) is 6.34. The third kappa shape index (κ3) is 4.63. The predicted octanol–water partition coefficient (Wildman–Crippen LogP) is 0.399. The summed E-state index contributed by atoms with van der Waals surface area (Å²) < 4.78 is 29.1. The van der Waals surface area contributed by atoms with Crippen molar-refractivity contribution in [3.05, 3.63) is 0 Å². The lowest BCUT2D eigenvalue weighted by atomic mass is 9.93. The van der Waals surface area contributed by atoms with E-state index in [1.807, 2.05) is 0 Å². The Bertz CT molecular complexity index is 652. The number of rotatable bonds is 4. The summed E-state index contributed by atoms with van der Waals surface area (Å²) in [5.41, 5.74) is 5.36. The van der Waals surface area contributed by atoms with Crippen molar-refractivity contribution in [1.29, 1.82) is 0 Å². The molecule has 3 heterocycles. The molecule has 3 saturated heterocycles. The zero-order valence-corrected chi connectivity index (χ0v) is 17.0. The molecule has 3 aliphatic rings. The van der Waals surface area contributed by atoms with E-state index in [9.17, 15) is 18.0 Å². The van der Waals surface area contributed by atoms with Crippen molar-refractivity contribution in [3.63, 3.8) is 0 Å². The van der Waals surface area contributed by atoms with Gasteiger partial charge >= 0.3 is 0 Å². The minimum absolute atomic E-state index is 0.0186. The molecular weight excluding hydrogens is 368 g/mol. The number of carbonyl (C=O) groups is 2. The Morgan fingerprint density at radius 3 is 2.07 bits per heavy atom. The van der Waals surface area contributed by atoms with E-state index in [2.05, 4.69) is 6.92 Å². The largest absolute Gasteiger partial charge is 0.369 e. The van der Waals surface area contributed by atoms with Crippen LogP contribution in [0.15, 0.2) is 0 Å². The summed E-state index contributed by atoms with van der Waals surface area (Å²) in [5.74, 6) is -0.158. The second-order valence-electron chi connectivity index (χ2n) is 8.29. The quantitative estimate of drug-likeness (QED) is 0.737. The summed E-state index contributed by atoms with van der Waals surface area (Å²) >= 11 is 0. The molecule has 0 aromatic rings. The Morgan fingerprint density at radius 2 is 1.48 bits per heavy atom. The van der Waals surface area contributed by atoms with Crippen LogP contribution in [0.2, 0.25) is 0 Å². The van der Waals surface area contributed by atoms with Gasteiger partial charge in [0.25, 0.3) is 10.2 Å². The first-order valence-corrected chi connectivity index (χ1v) is 11.5. The number of hydrogen-bond donors (Lipinski definition) is 1. The fraction of sp³-hybridized carbons (Fsp3) is 0.889. The molecule has 3 rings (SSSR count). The molecular formula is C18H32N4O4S. The SMILES string of the molecule is CC1CCN(S(=O)(=O)N2CCC[C@H](C(=O)N3CCC(C(N)=O)CC3)C2)CC1. The van der Waals surface area contributed by atoms with Crippen LogP contribution in [0.3, 0.4) is 0 Å². The van der Waals surface area contributed by atoms with E-state index in [1.54, 1.807) is 9.21 Å². The first kappa shape index (κ1) is 20.5. The number of amides is 2. The summed E-state index contributed by atoms with van der Waals surface area (Å²) in [7, 11) is -3.49. The lowest BCUT2D eigenvalue weighted by Gasteiger charge is -2.39. The maximum atomic E-state index is 13.0. The Kier molecular flexibility index (Phi) is 6.43. The number of nitrogens with two attached hydrogens (primary N) is 1. The van der Waals surface area contributed by atoms with Crippen molar-refractivity contribution in [2.24, 2.45) is 23.5 Å². The van der Waals surface area contributed by atoms with Crippen molar-refractivity contribution in [2.45, 2.75) is 45.4 Å². The van der Waals surface area contributed by atoms with Gasteiger partial charge in [-0.3, -0.25) is 9.59 Å². The molecule has 0 aromatic heterocycles. The van der Waals surface area contributed by atoms with Gasteiger partial charge in [-0.1, -0.05) is 6.92 Å². The molecule has 8 nitrogen and oxygen atoms in total. The van der Waals surface area contributed by atoms with Gasteiger partial charge < -0.3 is 10.6 Å². The smallest absolute Gasteiger partial charge is 0.281 e.